The highest BCUT2D eigenvalue weighted by molar-refractivity contribution is 5.34. The zero-order chi connectivity index (χ0) is 12.8. The average molecular weight is 249 g/mol. The Balaban J connectivity index is 1.80. The van der Waals surface area contributed by atoms with E-state index >= 15 is 0 Å². The Bertz CT molecular complexity index is 375. The third kappa shape index (κ3) is 3.95. The fourth-order valence-electron chi connectivity index (χ4n) is 2.49. The summed E-state index contributed by atoms with van der Waals surface area (Å²) in [6.07, 6.45) is 6.74. The van der Waals surface area contributed by atoms with Crippen molar-refractivity contribution in [2.75, 3.05) is 19.0 Å². The first-order chi connectivity index (χ1) is 8.78. The summed E-state index contributed by atoms with van der Waals surface area (Å²) in [5.41, 5.74) is 0.977. The summed E-state index contributed by atoms with van der Waals surface area (Å²) < 4.78 is 5.76. The van der Waals surface area contributed by atoms with Crippen LogP contribution in [0.4, 0.5) is 5.82 Å². The highest BCUT2D eigenvalue weighted by Gasteiger charge is 2.13. The molecule has 0 radical (unpaired) electrons. The van der Waals surface area contributed by atoms with Crippen LogP contribution in [0.25, 0.3) is 0 Å². The van der Waals surface area contributed by atoms with Crippen LogP contribution in [0.1, 0.15) is 43.6 Å². The van der Waals surface area contributed by atoms with E-state index in [0.717, 1.165) is 29.9 Å². The average Bonchev–Trinajstić information content (AvgIpc) is 2.39. The number of ether oxygens (including phenoxy) is 1. The quantitative estimate of drug-likeness (QED) is 0.871. The molecule has 1 aliphatic rings. The summed E-state index contributed by atoms with van der Waals surface area (Å²) in [5.74, 6) is 2.38. The predicted octanol–water partition coefficient (Wildman–Crippen LogP) is 2.92. The van der Waals surface area contributed by atoms with Gasteiger partial charge < -0.3 is 10.1 Å². The van der Waals surface area contributed by atoms with Gasteiger partial charge in [0.1, 0.15) is 12.4 Å². The zero-order valence-electron chi connectivity index (χ0n) is 11.4. The topological polar surface area (TPSA) is 47.0 Å². The first kappa shape index (κ1) is 13.3. The predicted molar refractivity (Wildman–Crippen MR) is 72.5 cm³/mol. The van der Waals surface area contributed by atoms with Crippen LogP contribution in [0.5, 0.6) is 0 Å². The highest BCUT2D eigenvalue weighted by atomic mass is 16.5. The molecule has 0 aliphatic heterocycles. The summed E-state index contributed by atoms with van der Waals surface area (Å²) in [6.45, 7) is 3.35. The lowest BCUT2D eigenvalue weighted by atomic mass is 9.90. The molecule has 0 spiro atoms. The molecular weight excluding hydrogens is 226 g/mol. The Hall–Kier alpha value is -1.16. The smallest absolute Gasteiger partial charge is 0.156 e. The van der Waals surface area contributed by atoms with E-state index in [-0.39, 0.29) is 0 Å². The van der Waals surface area contributed by atoms with Gasteiger partial charge in [-0.2, -0.15) is 0 Å². The van der Waals surface area contributed by atoms with Crippen molar-refractivity contribution in [1.29, 1.82) is 0 Å². The molecule has 1 fully saturated rings. The molecule has 1 aromatic rings. The van der Waals surface area contributed by atoms with Crippen molar-refractivity contribution < 1.29 is 4.74 Å². The molecule has 2 rings (SSSR count). The lowest BCUT2D eigenvalue weighted by Crippen LogP contribution is -2.14. The first-order valence-electron chi connectivity index (χ1n) is 6.88. The lowest BCUT2D eigenvalue weighted by molar-refractivity contribution is 0.0699. The Morgan fingerprint density at radius 2 is 2.06 bits per heavy atom. The van der Waals surface area contributed by atoms with E-state index < -0.39 is 0 Å². The molecule has 0 bridgehead atoms. The number of anilines is 1. The van der Waals surface area contributed by atoms with Gasteiger partial charge >= 0.3 is 0 Å². The monoisotopic (exact) mass is 249 g/mol. The van der Waals surface area contributed by atoms with Gasteiger partial charge in [-0.25, -0.2) is 9.97 Å². The van der Waals surface area contributed by atoms with Crippen molar-refractivity contribution in [3.63, 3.8) is 0 Å². The lowest BCUT2D eigenvalue weighted by Gasteiger charge is -2.21. The van der Waals surface area contributed by atoms with Crippen molar-refractivity contribution in [2.24, 2.45) is 5.92 Å². The van der Waals surface area contributed by atoms with Crippen molar-refractivity contribution in [3.05, 3.63) is 17.6 Å². The third-order valence-corrected chi connectivity index (χ3v) is 3.47. The molecule has 1 aliphatic carbocycles. The van der Waals surface area contributed by atoms with E-state index in [1.807, 2.05) is 20.0 Å². The molecule has 1 aromatic heterocycles. The summed E-state index contributed by atoms with van der Waals surface area (Å²) in [4.78, 5) is 8.78. The normalized spacial score (nSPS) is 16.8. The number of hydrogen-bond donors (Lipinski definition) is 1. The first-order valence-corrected chi connectivity index (χ1v) is 6.88. The molecule has 0 amide bonds. The largest absolute Gasteiger partial charge is 0.373 e. The molecule has 4 nitrogen and oxygen atoms in total. The standard InChI is InChI=1S/C14H23N3O/c1-11-8-13(15-2)17-14(16-11)10-18-9-12-6-4-3-5-7-12/h8,12H,3-7,9-10H2,1-2H3,(H,15,16,17). The van der Waals surface area contributed by atoms with Gasteiger partial charge in [-0.15, -0.1) is 0 Å². The number of hydrogen-bond acceptors (Lipinski definition) is 4. The van der Waals surface area contributed by atoms with Gasteiger partial charge in [0.05, 0.1) is 0 Å². The SMILES string of the molecule is CNc1cc(C)nc(COCC2CCCCC2)n1. The molecule has 1 N–H and O–H groups in total. The van der Waals surface area contributed by atoms with Gasteiger partial charge in [-0.1, -0.05) is 19.3 Å². The summed E-state index contributed by atoms with van der Waals surface area (Å²) >= 11 is 0. The highest BCUT2D eigenvalue weighted by Crippen LogP contribution is 2.23. The van der Waals surface area contributed by atoms with E-state index in [4.69, 9.17) is 4.74 Å². The van der Waals surface area contributed by atoms with Crippen LogP contribution in [-0.2, 0) is 11.3 Å². The molecule has 0 unspecified atom stereocenters. The minimum absolute atomic E-state index is 0.521. The van der Waals surface area contributed by atoms with E-state index in [1.165, 1.54) is 32.1 Å². The molecular formula is C14H23N3O. The van der Waals surface area contributed by atoms with Crippen LogP contribution < -0.4 is 5.32 Å². The maximum Gasteiger partial charge on any atom is 0.156 e. The second-order valence-electron chi connectivity index (χ2n) is 5.08. The van der Waals surface area contributed by atoms with Crippen LogP contribution in [0.15, 0.2) is 6.07 Å². The molecule has 1 heterocycles. The maximum absolute atomic E-state index is 5.76. The minimum atomic E-state index is 0.521. The maximum atomic E-state index is 5.76. The van der Waals surface area contributed by atoms with Gasteiger partial charge in [-0.3, -0.25) is 0 Å². The number of rotatable bonds is 5. The zero-order valence-corrected chi connectivity index (χ0v) is 11.4. The van der Waals surface area contributed by atoms with Gasteiger partial charge in [0.2, 0.25) is 0 Å². The van der Waals surface area contributed by atoms with E-state index in [9.17, 15) is 0 Å². The van der Waals surface area contributed by atoms with Gasteiger partial charge in [0.25, 0.3) is 0 Å². The Labute approximate surface area is 109 Å². The van der Waals surface area contributed by atoms with Crippen LogP contribution in [0.2, 0.25) is 0 Å². The number of aryl methyl sites for hydroxylation is 1. The summed E-state index contributed by atoms with van der Waals surface area (Å²) in [6, 6.07) is 1.94. The Kier molecular flexibility index (Phi) is 4.93. The van der Waals surface area contributed by atoms with Crippen molar-refractivity contribution >= 4 is 5.82 Å². The number of nitrogens with zero attached hydrogens (tertiary/aromatic N) is 2. The van der Waals surface area contributed by atoms with Crippen LogP contribution in [0, 0.1) is 12.8 Å². The molecule has 0 aromatic carbocycles. The summed E-state index contributed by atoms with van der Waals surface area (Å²) in [5, 5.41) is 3.04. The molecule has 0 saturated heterocycles. The fourth-order valence-corrected chi connectivity index (χ4v) is 2.49. The second-order valence-corrected chi connectivity index (χ2v) is 5.08. The second kappa shape index (κ2) is 6.69. The van der Waals surface area contributed by atoms with E-state index in [1.54, 1.807) is 0 Å². The Morgan fingerprint density at radius 3 is 2.78 bits per heavy atom. The minimum Gasteiger partial charge on any atom is -0.373 e. The van der Waals surface area contributed by atoms with E-state index in [0.29, 0.717) is 6.61 Å². The molecule has 4 heteroatoms. The third-order valence-electron chi connectivity index (χ3n) is 3.47. The van der Waals surface area contributed by atoms with Crippen molar-refractivity contribution in [3.8, 4) is 0 Å². The molecule has 0 atom stereocenters. The molecule has 1 saturated carbocycles. The number of aromatic nitrogens is 2. The van der Waals surface area contributed by atoms with Crippen molar-refractivity contribution in [2.45, 2.75) is 45.6 Å². The fraction of sp³-hybridized carbons (Fsp3) is 0.714. The van der Waals surface area contributed by atoms with E-state index in [2.05, 4.69) is 15.3 Å². The molecule has 100 valence electrons. The van der Waals surface area contributed by atoms with Crippen LogP contribution >= 0.6 is 0 Å². The number of nitrogens with one attached hydrogen (secondary N) is 1. The van der Waals surface area contributed by atoms with Crippen molar-refractivity contribution in [1.82, 2.24) is 9.97 Å². The Morgan fingerprint density at radius 1 is 1.28 bits per heavy atom. The van der Waals surface area contributed by atoms with Crippen LogP contribution in [0.3, 0.4) is 0 Å². The molecule has 18 heavy (non-hydrogen) atoms. The van der Waals surface area contributed by atoms with Gasteiger partial charge in [0.15, 0.2) is 5.82 Å². The van der Waals surface area contributed by atoms with Crippen LogP contribution in [-0.4, -0.2) is 23.6 Å². The van der Waals surface area contributed by atoms with Gasteiger partial charge in [-0.05, 0) is 25.7 Å². The summed E-state index contributed by atoms with van der Waals surface area (Å²) in [7, 11) is 1.87. The van der Waals surface area contributed by atoms with Gasteiger partial charge in [0, 0.05) is 25.4 Å².